The van der Waals surface area contributed by atoms with Crippen LogP contribution in [0, 0.1) is 0 Å². The van der Waals surface area contributed by atoms with Crippen molar-refractivity contribution in [3.63, 3.8) is 0 Å². The maximum absolute atomic E-state index is 12.9. The van der Waals surface area contributed by atoms with E-state index in [-0.39, 0.29) is 6.04 Å². The zero-order chi connectivity index (χ0) is 14.8. The molecule has 1 aromatic carbocycles. The highest BCUT2D eigenvalue weighted by Crippen LogP contribution is 2.34. The van der Waals surface area contributed by atoms with Gasteiger partial charge in [0.25, 0.3) is 0 Å². The molecular formula is C13H14F3NO2S. The van der Waals surface area contributed by atoms with Crippen molar-refractivity contribution >= 4 is 23.4 Å². The van der Waals surface area contributed by atoms with E-state index in [4.69, 9.17) is 5.11 Å². The average molecular weight is 305 g/mol. The van der Waals surface area contributed by atoms with Crippen LogP contribution < -0.4 is 5.32 Å². The van der Waals surface area contributed by atoms with Crippen molar-refractivity contribution in [2.45, 2.75) is 25.1 Å². The van der Waals surface area contributed by atoms with Crippen molar-refractivity contribution in [2.75, 3.05) is 16.8 Å². The largest absolute Gasteiger partial charge is 0.478 e. The Hall–Kier alpha value is -1.37. The zero-order valence-corrected chi connectivity index (χ0v) is 11.4. The summed E-state index contributed by atoms with van der Waals surface area (Å²) in [6.45, 7) is 0. The normalized spacial score (nSPS) is 19.6. The number of carboxylic acids is 1. The third-order valence-corrected chi connectivity index (χ3v) is 4.30. The molecule has 1 aliphatic heterocycles. The second-order valence-electron chi connectivity index (χ2n) is 4.62. The number of benzene rings is 1. The highest BCUT2D eigenvalue weighted by Gasteiger charge is 2.35. The van der Waals surface area contributed by atoms with Gasteiger partial charge in [-0.05, 0) is 36.8 Å². The topological polar surface area (TPSA) is 49.3 Å². The molecule has 0 bridgehead atoms. The number of hydrogen-bond donors (Lipinski definition) is 2. The molecule has 0 spiro atoms. The summed E-state index contributed by atoms with van der Waals surface area (Å²) in [4.78, 5) is 10.8. The highest BCUT2D eigenvalue weighted by atomic mass is 32.2. The molecule has 3 nitrogen and oxygen atoms in total. The average Bonchev–Trinajstić information content (AvgIpc) is 2.38. The van der Waals surface area contributed by atoms with Gasteiger partial charge < -0.3 is 10.4 Å². The van der Waals surface area contributed by atoms with Gasteiger partial charge in [-0.2, -0.15) is 24.9 Å². The first kappa shape index (κ1) is 15.0. The number of aromatic carboxylic acids is 1. The Balaban J connectivity index is 2.25. The lowest BCUT2D eigenvalue weighted by atomic mass is 10.1. The van der Waals surface area contributed by atoms with Crippen LogP contribution in [0.5, 0.6) is 0 Å². The molecule has 0 saturated carbocycles. The molecule has 0 amide bonds. The van der Waals surface area contributed by atoms with Crippen molar-refractivity contribution in [3.8, 4) is 0 Å². The van der Waals surface area contributed by atoms with Crippen LogP contribution in [-0.4, -0.2) is 28.6 Å². The first-order chi connectivity index (χ1) is 9.38. The smallest absolute Gasteiger partial charge is 0.417 e. The van der Waals surface area contributed by atoms with E-state index in [1.807, 2.05) is 0 Å². The number of halogens is 3. The number of anilines is 1. The highest BCUT2D eigenvalue weighted by molar-refractivity contribution is 7.99. The summed E-state index contributed by atoms with van der Waals surface area (Å²) >= 11 is 1.76. The van der Waals surface area contributed by atoms with E-state index < -0.39 is 23.3 Å². The fourth-order valence-corrected chi connectivity index (χ4v) is 3.22. The molecule has 1 aliphatic rings. The van der Waals surface area contributed by atoms with Gasteiger partial charge >= 0.3 is 12.1 Å². The van der Waals surface area contributed by atoms with E-state index >= 15 is 0 Å². The van der Waals surface area contributed by atoms with Crippen LogP contribution in [0.25, 0.3) is 0 Å². The maximum Gasteiger partial charge on any atom is 0.417 e. The van der Waals surface area contributed by atoms with Crippen molar-refractivity contribution in [2.24, 2.45) is 0 Å². The molecule has 110 valence electrons. The number of alkyl halides is 3. The van der Waals surface area contributed by atoms with Crippen LogP contribution in [0.2, 0.25) is 0 Å². The minimum absolute atomic E-state index is 0.130. The van der Waals surface area contributed by atoms with E-state index in [0.717, 1.165) is 36.5 Å². The Kier molecular flexibility index (Phi) is 4.47. The van der Waals surface area contributed by atoms with Gasteiger partial charge in [0.15, 0.2) is 0 Å². The molecule has 2 N–H and O–H groups in total. The van der Waals surface area contributed by atoms with E-state index in [9.17, 15) is 18.0 Å². The molecule has 1 atom stereocenters. The third kappa shape index (κ3) is 3.59. The third-order valence-electron chi connectivity index (χ3n) is 3.09. The summed E-state index contributed by atoms with van der Waals surface area (Å²) in [6.07, 6.45) is -2.73. The number of hydrogen-bond acceptors (Lipinski definition) is 3. The van der Waals surface area contributed by atoms with Crippen LogP contribution in [-0.2, 0) is 6.18 Å². The van der Waals surface area contributed by atoms with Gasteiger partial charge in [0.05, 0.1) is 11.1 Å². The molecule has 7 heteroatoms. The van der Waals surface area contributed by atoms with E-state index in [1.54, 1.807) is 11.8 Å². The van der Waals surface area contributed by atoms with E-state index in [0.29, 0.717) is 5.69 Å². The molecule has 0 radical (unpaired) electrons. The van der Waals surface area contributed by atoms with Gasteiger partial charge in [-0.25, -0.2) is 4.79 Å². The lowest BCUT2D eigenvalue weighted by Crippen LogP contribution is -2.26. The van der Waals surface area contributed by atoms with Gasteiger partial charge in [-0.1, -0.05) is 0 Å². The maximum atomic E-state index is 12.9. The number of rotatable bonds is 3. The lowest BCUT2D eigenvalue weighted by Gasteiger charge is -2.24. The summed E-state index contributed by atoms with van der Waals surface area (Å²) in [5, 5.41) is 11.9. The van der Waals surface area contributed by atoms with Crippen molar-refractivity contribution < 1.29 is 23.1 Å². The lowest BCUT2D eigenvalue weighted by molar-refractivity contribution is -0.138. The number of nitrogens with one attached hydrogen (secondary N) is 1. The molecule has 1 unspecified atom stereocenters. The molecule has 1 heterocycles. The van der Waals surface area contributed by atoms with Crippen LogP contribution in [0.15, 0.2) is 18.2 Å². The Morgan fingerprint density at radius 1 is 1.40 bits per heavy atom. The number of thioether (sulfide) groups is 1. The fraction of sp³-hybridized carbons (Fsp3) is 0.462. The Labute approximate surface area is 118 Å². The minimum atomic E-state index is -4.67. The van der Waals surface area contributed by atoms with Crippen LogP contribution >= 0.6 is 11.8 Å². The molecule has 2 rings (SSSR count). The molecular weight excluding hydrogens is 291 g/mol. The second kappa shape index (κ2) is 5.95. The fourth-order valence-electron chi connectivity index (χ4n) is 2.15. The van der Waals surface area contributed by atoms with E-state index in [1.165, 1.54) is 6.07 Å². The molecule has 1 fully saturated rings. The quantitative estimate of drug-likeness (QED) is 0.894. The monoisotopic (exact) mass is 305 g/mol. The summed E-state index contributed by atoms with van der Waals surface area (Å²) in [5.41, 5.74) is -1.52. The van der Waals surface area contributed by atoms with Gasteiger partial charge in [-0.15, -0.1) is 0 Å². The van der Waals surface area contributed by atoms with Crippen molar-refractivity contribution in [1.29, 1.82) is 0 Å². The van der Waals surface area contributed by atoms with Crippen LogP contribution in [0.3, 0.4) is 0 Å². The Morgan fingerprint density at radius 2 is 2.15 bits per heavy atom. The molecule has 1 saturated heterocycles. The van der Waals surface area contributed by atoms with Gasteiger partial charge in [-0.3, -0.25) is 0 Å². The zero-order valence-electron chi connectivity index (χ0n) is 10.5. The predicted molar refractivity (Wildman–Crippen MR) is 72.4 cm³/mol. The second-order valence-corrected chi connectivity index (χ2v) is 5.77. The summed E-state index contributed by atoms with van der Waals surface area (Å²) in [5.74, 6) is 0.350. The van der Waals surface area contributed by atoms with E-state index in [2.05, 4.69) is 5.32 Å². The number of carbonyl (C=O) groups is 1. The molecule has 20 heavy (non-hydrogen) atoms. The van der Waals surface area contributed by atoms with Crippen molar-refractivity contribution in [1.82, 2.24) is 0 Å². The Morgan fingerprint density at radius 3 is 2.70 bits per heavy atom. The van der Waals surface area contributed by atoms with Crippen LogP contribution in [0.1, 0.15) is 28.8 Å². The van der Waals surface area contributed by atoms with Crippen molar-refractivity contribution in [3.05, 3.63) is 29.3 Å². The van der Waals surface area contributed by atoms with Gasteiger partial charge in [0, 0.05) is 17.5 Å². The van der Waals surface area contributed by atoms with Gasteiger partial charge in [0.1, 0.15) is 0 Å². The molecule has 1 aromatic rings. The first-order valence-corrected chi connectivity index (χ1v) is 7.32. The minimum Gasteiger partial charge on any atom is -0.478 e. The standard InChI is InChI=1S/C13H14F3NO2S/c14-13(15,16)11-6-8(3-4-10(11)12(18)19)17-9-2-1-5-20-7-9/h3-4,6,9,17H,1-2,5,7H2,(H,18,19). The first-order valence-electron chi connectivity index (χ1n) is 6.17. The summed E-state index contributed by atoms with van der Waals surface area (Å²) in [6, 6.07) is 3.40. The predicted octanol–water partition coefficient (Wildman–Crippen LogP) is 3.71. The summed E-state index contributed by atoms with van der Waals surface area (Å²) in [7, 11) is 0. The molecule has 0 aliphatic carbocycles. The SMILES string of the molecule is O=C(O)c1ccc(NC2CCCSC2)cc1C(F)(F)F. The Bertz CT molecular complexity index is 499. The number of carboxylic acid groups (broad SMARTS) is 1. The van der Waals surface area contributed by atoms with Gasteiger partial charge in [0.2, 0.25) is 0 Å². The summed E-state index contributed by atoms with van der Waals surface area (Å²) < 4.78 is 38.6. The molecule has 0 aromatic heterocycles. The van der Waals surface area contributed by atoms with Crippen LogP contribution in [0.4, 0.5) is 18.9 Å².